The second-order valence-electron chi connectivity index (χ2n) is 1.21. The molecule has 0 aliphatic rings. The van der Waals surface area contributed by atoms with Crippen LogP contribution in [0, 0.1) is 0 Å². The fraction of sp³-hybridized carbons (Fsp3) is 0.750. The van der Waals surface area contributed by atoms with Crippen molar-refractivity contribution in [1.82, 2.24) is 0 Å². The van der Waals surface area contributed by atoms with Crippen LogP contribution in [0.15, 0.2) is 0 Å². The SMILES string of the molecule is CCC(Br)C(=O)O.[NaH]. The summed E-state index contributed by atoms with van der Waals surface area (Å²) in [5, 5.41) is 8.14. The predicted octanol–water partition coefficient (Wildman–Crippen LogP) is 0.596. The van der Waals surface area contributed by atoms with Crippen molar-refractivity contribution >= 4 is 51.5 Å². The summed E-state index contributed by atoms with van der Waals surface area (Å²) in [6, 6.07) is 0. The average molecular weight is 191 g/mol. The molecule has 8 heavy (non-hydrogen) atoms. The van der Waals surface area contributed by atoms with E-state index in [0.29, 0.717) is 6.42 Å². The van der Waals surface area contributed by atoms with Gasteiger partial charge < -0.3 is 5.11 Å². The Hall–Kier alpha value is 0.950. The van der Waals surface area contributed by atoms with Crippen molar-refractivity contribution in [3.8, 4) is 0 Å². The monoisotopic (exact) mass is 190 g/mol. The van der Waals surface area contributed by atoms with Gasteiger partial charge >= 0.3 is 35.5 Å². The van der Waals surface area contributed by atoms with Gasteiger partial charge in [0.1, 0.15) is 4.83 Å². The predicted molar refractivity (Wildman–Crippen MR) is 37.8 cm³/mol. The Bertz CT molecular complexity index is 76.4. The molecular weight excluding hydrogens is 183 g/mol. The molecule has 2 nitrogen and oxygen atoms in total. The van der Waals surface area contributed by atoms with E-state index in [0.717, 1.165) is 0 Å². The molecule has 0 saturated carbocycles. The van der Waals surface area contributed by atoms with Crippen molar-refractivity contribution in [1.29, 1.82) is 0 Å². The maximum absolute atomic E-state index is 9.88. The Morgan fingerprint density at radius 2 is 2.25 bits per heavy atom. The van der Waals surface area contributed by atoms with Crippen molar-refractivity contribution in [2.24, 2.45) is 0 Å². The van der Waals surface area contributed by atoms with Crippen LogP contribution in [-0.2, 0) is 4.79 Å². The molecule has 1 N–H and O–H groups in total. The summed E-state index contributed by atoms with van der Waals surface area (Å²) in [4.78, 5) is 9.52. The molecule has 0 aliphatic heterocycles. The summed E-state index contributed by atoms with van der Waals surface area (Å²) in [5.41, 5.74) is 0. The van der Waals surface area contributed by atoms with Crippen LogP contribution in [0.4, 0.5) is 0 Å². The molecule has 4 heteroatoms. The molecule has 0 rings (SSSR count). The van der Waals surface area contributed by atoms with Crippen LogP contribution >= 0.6 is 15.9 Å². The van der Waals surface area contributed by atoms with E-state index >= 15 is 0 Å². The first kappa shape index (κ1) is 11.7. The van der Waals surface area contributed by atoms with Gasteiger partial charge in [-0.05, 0) is 6.42 Å². The third-order valence-electron chi connectivity index (χ3n) is 0.626. The van der Waals surface area contributed by atoms with Gasteiger partial charge in [0, 0.05) is 0 Å². The van der Waals surface area contributed by atoms with E-state index in [2.05, 4.69) is 15.9 Å². The van der Waals surface area contributed by atoms with Crippen molar-refractivity contribution in [2.75, 3.05) is 0 Å². The van der Waals surface area contributed by atoms with Crippen molar-refractivity contribution in [2.45, 2.75) is 18.2 Å². The average Bonchev–Trinajstić information content (AvgIpc) is 1.65. The summed E-state index contributed by atoms with van der Waals surface area (Å²) < 4.78 is 0. The van der Waals surface area contributed by atoms with E-state index in [-0.39, 0.29) is 34.4 Å². The minimum atomic E-state index is -0.789. The van der Waals surface area contributed by atoms with Gasteiger partial charge in [-0.1, -0.05) is 22.9 Å². The van der Waals surface area contributed by atoms with Gasteiger partial charge in [0.25, 0.3) is 0 Å². The van der Waals surface area contributed by atoms with Crippen molar-refractivity contribution < 1.29 is 9.90 Å². The first-order valence-electron chi connectivity index (χ1n) is 2.05. The van der Waals surface area contributed by atoms with E-state index in [1.54, 1.807) is 0 Å². The fourth-order valence-corrected chi connectivity index (χ4v) is 0.175. The number of alkyl halides is 1. The topological polar surface area (TPSA) is 37.3 Å². The van der Waals surface area contributed by atoms with Gasteiger partial charge in [0.05, 0.1) is 0 Å². The number of hydrogen-bond acceptors (Lipinski definition) is 1. The zero-order valence-electron chi connectivity index (χ0n) is 4.02. The van der Waals surface area contributed by atoms with Gasteiger partial charge in [-0.3, -0.25) is 4.79 Å². The molecule has 0 amide bonds. The number of rotatable bonds is 2. The van der Waals surface area contributed by atoms with Gasteiger partial charge in [0.2, 0.25) is 0 Å². The molecule has 0 aromatic heterocycles. The van der Waals surface area contributed by atoms with Crippen LogP contribution in [0.5, 0.6) is 0 Å². The number of hydrogen-bond donors (Lipinski definition) is 1. The number of aliphatic carboxylic acids is 1. The first-order chi connectivity index (χ1) is 3.18. The molecule has 0 bridgehead atoms. The third kappa shape index (κ3) is 5.09. The van der Waals surface area contributed by atoms with Gasteiger partial charge in [-0.15, -0.1) is 0 Å². The molecule has 0 aromatic carbocycles. The first-order valence-corrected chi connectivity index (χ1v) is 2.97. The Morgan fingerprint density at radius 1 is 1.88 bits per heavy atom. The van der Waals surface area contributed by atoms with E-state index in [9.17, 15) is 4.79 Å². The third-order valence-corrected chi connectivity index (χ3v) is 1.67. The summed E-state index contributed by atoms with van der Waals surface area (Å²) in [6.45, 7) is 1.81. The molecule has 1 atom stereocenters. The molecule has 0 heterocycles. The van der Waals surface area contributed by atoms with E-state index < -0.39 is 5.97 Å². The van der Waals surface area contributed by atoms with Gasteiger partial charge in [-0.2, -0.15) is 0 Å². The Morgan fingerprint density at radius 3 is 2.25 bits per heavy atom. The van der Waals surface area contributed by atoms with Crippen molar-refractivity contribution in [3.05, 3.63) is 0 Å². The van der Waals surface area contributed by atoms with Crippen LogP contribution in [0.2, 0.25) is 0 Å². The van der Waals surface area contributed by atoms with E-state index in [1.165, 1.54) is 0 Å². The number of carboxylic acids is 1. The number of carboxylic acid groups (broad SMARTS) is 1. The second-order valence-corrected chi connectivity index (χ2v) is 2.32. The summed E-state index contributed by atoms with van der Waals surface area (Å²) in [6.07, 6.45) is 0.634. The molecular formula is C4H8BrNaO2. The van der Waals surface area contributed by atoms with Crippen LogP contribution in [0.25, 0.3) is 0 Å². The molecule has 0 fully saturated rings. The number of halogens is 1. The molecule has 0 aliphatic carbocycles. The standard InChI is InChI=1S/C4H7BrO2.Na.H/c1-2-3(5)4(6)7;;/h3H,2H2,1H3,(H,6,7);;. The molecule has 0 spiro atoms. The van der Waals surface area contributed by atoms with E-state index in [1.807, 2.05) is 6.92 Å². The van der Waals surface area contributed by atoms with Crippen molar-refractivity contribution in [3.63, 3.8) is 0 Å². The zero-order valence-corrected chi connectivity index (χ0v) is 5.60. The molecule has 1 unspecified atom stereocenters. The number of carbonyl (C=O) groups is 1. The summed E-state index contributed by atoms with van der Waals surface area (Å²) in [7, 11) is 0. The molecule has 0 saturated heterocycles. The summed E-state index contributed by atoms with van der Waals surface area (Å²) >= 11 is 2.94. The second kappa shape index (κ2) is 6.08. The fourth-order valence-electron chi connectivity index (χ4n) is 0.175. The normalized spacial score (nSPS) is 11.8. The van der Waals surface area contributed by atoms with Crippen LogP contribution < -0.4 is 0 Å². The van der Waals surface area contributed by atoms with Gasteiger partial charge in [-0.25, -0.2) is 0 Å². The molecule has 0 aromatic rings. The van der Waals surface area contributed by atoms with Crippen LogP contribution in [-0.4, -0.2) is 45.5 Å². The quantitative estimate of drug-likeness (QED) is 0.512. The van der Waals surface area contributed by atoms with Crippen LogP contribution in [0.3, 0.4) is 0 Å². The Kier molecular flexibility index (Phi) is 8.89. The Labute approximate surface area is 79.1 Å². The molecule has 44 valence electrons. The Balaban J connectivity index is 0. The minimum absolute atomic E-state index is 0. The summed E-state index contributed by atoms with van der Waals surface area (Å²) in [5.74, 6) is -0.789. The van der Waals surface area contributed by atoms with E-state index in [4.69, 9.17) is 5.11 Å². The maximum atomic E-state index is 9.88. The zero-order chi connectivity index (χ0) is 5.86. The molecule has 0 radical (unpaired) electrons. The van der Waals surface area contributed by atoms with Crippen LogP contribution in [0.1, 0.15) is 13.3 Å². The van der Waals surface area contributed by atoms with Gasteiger partial charge in [0.15, 0.2) is 0 Å².